The van der Waals surface area contributed by atoms with Crippen molar-refractivity contribution in [1.29, 1.82) is 0 Å². The van der Waals surface area contributed by atoms with E-state index in [0.717, 1.165) is 31.5 Å². The van der Waals surface area contributed by atoms with Crippen molar-refractivity contribution in [3.05, 3.63) is 29.3 Å². The van der Waals surface area contributed by atoms with Gasteiger partial charge in [0.25, 0.3) is 0 Å². The molecule has 4 nitrogen and oxygen atoms in total. The Bertz CT molecular complexity index is 525. The number of aryl methyl sites for hydroxylation is 2. The summed E-state index contributed by atoms with van der Waals surface area (Å²) in [6.45, 7) is 16.6. The van der Waals surface area contributed by atoms with E-state index in [-0.39, 0.29) is 6.54 Å². The van der Waals surface area contributed by atoms with Crippen LogP contribution < -0.4 is 10.6 Å². The fraction of sp³-hybridized carbons (Fsp3) is 0.636. The van der Waals surface area contributed by atoms with Gasteiger partial charge in [0.15, 0.2) is 0 Å². The number of anilines is 1. The molecule has 2 N–H and O–H groups in total. The topological polar surface area (TPSA) is 63.4 Å². The van der Waals surface area contributed by atoms with Gasteiger partial charge in [-0.15, -0.1) is 0 Å². The summed E-state index contributed by atoms with van der Waals surface area (Å²) in [5, 5.41) is 0. The first kappa shape index (κ1) is 26.5. The summed E-state index contributed by atoms with van der Waals surface area (Å²) in [6, 6.07) is 5.70. The number of benzene rings is 1. The molecule has 0 radical (unpaired) electrons. The van der Waals surface area contributed by atoms with Crippen molar-refractivity contribution in [2.24, 2.45) is 5.73 Å². The highest BCUT2D eigenvalue weighted by Gasteiger charge is 2.24. The van der Waals surface area contributed by atoms with Gasteiger partial charge in [-0.1, -0.05) is 60.6 Å². The van der Waals surface area contributed by atoms with Crippen LogP contribution in [0.2, 0.25) is 0 Å². The molecular formula is C22H40N2O2. The molecule has 1 aliphatic heterocycles. The molecule has 150 valence electrons. The Morgan fingerprint density at radius 2 is 1.69 bits per heavy atom. The first-order valence-corrected chi connectivity index (χ1v) is 10.2. The summed E-state index contributed by atoms with van der Waals surface area (Å²) in [7, 11) is 0. The molecule has 0 saturated heterocycles. The first-order valence-electron chi connectivity index (χ1n) is 10.2. The third kappa shape index (κ3) is 8.13. The van der Waals surface area contributed by atoms with Gasteiger partial charge in [0, 0.05) is 12.2 Å². The smallest absolute Gasteiger partial charge is 0.219 e. The second kappa shape index (κ2) is 15.6. The van der Waals surface area contributed by atoms with Crippen molar-refractivity contribution in [2.75, 3.05) is 18.0 Å². The summed E-state index contributed by atoms with van der Waals surface area (Å²) in [5.74, 6) is -0.876. The lowest BCUT2D eigenvalue weighted by molar-refractivity contribution is -0.136. The van der Waals surface area contributed by atoms with E-state index in [0.29, 0.717) is 0 Å². The third-order valence-electron chi connectivity index (χ3n) is 3.80. The molecule has 1 unspecified atom stereocenters. The van der Waals surface area contributed by atoms with Crippen LogP contribution in [0.15, 0.2) is 18.2 Å². The number of hydrogen-bond acceptors (Lipinski definition) is 4. The molecule has 0 spiro atoms. The van der Waals surface area contributed by atoms with E-state index in [1.165, 1.54) is 11.1 Å². The van der Waals surface area contributed by atoms with Crippen LogP contribution in [0, 0.1) is 0 Å². The van der Waals surface area contributed by atoms with Gasteiger partial charge in [-0.2, -0.15) is 0 Å². The maximum atomic E-state index is 11.9. The van der Waals surface area contributed by atoms with E-state index in [1.54, 1.807) is 6.92 Å². The number of fused-ring (bicyclic) bond motifs is 1. The molecule has 1 heterocycles. The number of carbonyl (C=O) groups is 2. The normalized spacial score (nSPS) is 12.7. The van der Waals surface area contributed by atoms with Crippen molar-refractivity contribution in [3.63, 3.8) is 0 Å². The molecule has 0 fully saturated rings. The van der Waals surface area contributed by atoms with E-state index in [1.807, 2.05) is 46.4 Å². The Balaban J connectivity index is 0. The SMILES string of the molecule is CC.CC.CC.CCc1ccc2c(c1)N(CC(=O)C(=O)C(C)N)CCC2. The van der Waals surface area contributed by atoms with Gasteiger partial charge in [0.1, 0.15) is 0 Å². The Morgan fingerprint density at radius 3 is 2.19 bits per heavy atom. The average molecular weight is 365 g/mol. The molecule has 2 rings (SSSR count). The minimum Gasteiger partial charge on any atom is -0.363 e. The lowest BCUT2D eigenvalue weighted by Crippen LogP contribution is -2.42. The van der Waals surface area contributed by atoms with Crippen molar-refractivity contribution in [2.45, 2.75) is 80.7 Å². The maximum absolute atomic E-state index is 11.9. The van der Waals surface area contributed by atoms with Crippen LogP contribution in [-0.4, -0.2) is 30.7 Å². The lowest BCUT2D eigenvalue weighted by atomic mass is 9.98. The third-order valence-corrected chi connectivity index (χ3v) is 3.80. The number of ketones is 2. The van der Waals surface area contributed by atoms with E-state index >= 15 is 0 Å². The van der Waals surface area contributed by atoms with Gasteiger partial charge in [-0.05, 0) is 43.4 Å². The van der Waals surface area contributed by atoms with Gasteiger partial charge in [0.2, 0.25) is 11.6 Å². The molecule has 1 aliphatic rings. The number of rotatable bonds is 5. The Morgan fingerprint density at radius 1 is 1.12 bits per heavy atom. The van der Waals surface area contributed by atoms with Crippen molar-refractivity contribution in [1.82, 2.24) is 0 Å². The first-order chi connectivity index (χ1) is 12.5. The van der Waals surface area contributed by atoms with Crippen LogP contribution in [-0.2, 0) is 22.4 Å². The number of nitrogens with two attached hydrogens (primary N) is 1. The average Bonchev–Trinajstić information content (AvgIpc) is 2.71. The van der Waals surface area contributed by atoms with Gasteiger partial charge in [0.05, 0.1) is 12.6 Å². The summed E-state index contributed by atoms with van der Waals surface area (Å²) in [6.07, 6.45) is 3.01. The predicted octanol–water partition coefficient (Wildman–Crippen LogP) is 4.57. The Hall–Kier alpha value is -1.68. The van der Waals surface area contributed by atoms with Crippen molar-refractivity contribution in [3.8, 4) is 0 Å². The Kier molecular flexibility index (Phi) is 15.9. The largest absolute Gasteiger partial charge is 0.363 e. The Labute approximate surface area is 161 Å². The number of carbonyl (C=O) groups excluding carboxylic acids is 2. The highest BCUT2D eigenvalue weighted by Crippen LogP contribution is 2.28. The molecule has 0 aliphatic carbocycles. The maximum Gasteiger partial charge on any atom is 0.219 e. The molecule has 1 aromatic carbocycles. The molecule has 0 saturated carbocycles. The van der Waals surface area contributed by atoms with Crippen LogP contribution in [0.4, 0.5) is 5.69 Å². The quantitative estimate of drug-likeness (QED) is 0.778. The van der Waals surface area contributed by atoms with E-state index in [2.05, 4.69) is 25.1 Å². The molecule has 0 bridgehead atoms. The lowest BCUT2D eigenvalue weighted by Gasteiger charge is -2.31. The van der Waals surface area contributed by atoms with Gasteiger partial charge >= 0.3 is 0 Å². The second-order valence-corrected chi connectivity index (χ2v) is 5.42. The molecule has 0 aromatic heterocycles. The molecular weight excluding hydrogens is 324 g/mol. The molecule has 1 aromatic rings. The molecule has 4 heteroatoms. The van der Waals surface area contributed by atoms with E-state index in [4.69, 9.17) is 5.73 Å². The fourth-order valence-electron chi connectivity index (χ4n) is 2.59. The predicted molar refractivity (Wildman–Crippen MR) is 114 cm³/mol. The van der Waals surface area contributed by atoms with Crippen LogP contribution >= 0.6 is 0 Å². The minimum absolute atomic E-state index is 0.139. The van der Waals surface area contributed by atoms with Crippen LogP contribution in [0.25, 0.3) is 0 Å². The zero-order valence-corrected chi connectivity index (χ0v) is 18.2. The summed E-state index contributed by atoms with van der Waals surface area (Å²) in [4.78, 5) is 25.6. The van der Waals surface area contributed by atoms with Crippen LogP contribution in [0.1, 0.15) is 72.9 Å². The van der Waals surface area contributed by atoms with Crippen LogP contribution in [0.5, 0.6) is 0 Å². The molecule has 26 heavy (non-hydrogen) atoms. The molecule has 1 atom stereocenters. The zero-order chi connectivity index (χ0) is 20.7. The number of nitrogens with zero attached hydrogens (tertiary/aromatic N) is 1. The number of hydrogen-bond donors (Lipinski definition) is 1. The second-order valence-electron chi connectivity index (χ2n) is 5.42. The minimum atomic E-state index is -0.714. The van der Waals surface area contributed by atoms with Crippen LogP contribution in [0.3, 0.4) is 0 Å². The summed E-state index contributed by atoms with van der Waals surface area (Å²) < 4.78 is 0. The monoisotopic (exact) mass is 364 g/mol. The zero-order valence-electron chi connectivity index (χ0n) is 18.2. The summed E-state index contributed by atoms with van der Waals surface area (Å²) >= 11 is 0. The van der Waals surface area contributed by atoms with Gasteiger partial charge < -0.3 is 10.6 Å². The van der Waals surface area contributed by atoms with Gasteiger partial charge in [-0.25, -0.2) is 0 Å². The van der Waals surface area contributed by atoms with Gasteiger partial charge in [-0.3, -0.25) is 9.59 Å². The standard InChI is InChI=1S/C16H22N2O2.3C2H6/c1-3-12-6-7-13-5-4-8-18(14(13)9-12)10-15(19)16(20)11(2)17;3*1-2/h6-7,9,11H,3-5,8,10,17H2,1-2H3;3*1-2H3. The van der Waals surface area contributed by atoms with Crippen molar-refractivity contribution >= 4 is 17.3 Å². The highest BCUT2D eigenvalue weighted by molar-refractivity contribution is 6.40. The number of Topliss-reactive ketones (excluding diaryl/α,β-unsaturated/α-hetero) is 2. The van der Waals surface area contributed by atoms with E-state index < -0.39 is 17.6 Å². The highest BCUT2D eigenvalue weighted by atomic mass is 16.2. The fourth-order valence-corrected chi connectivity index (χ4v) is 2.59. The van der Waals surface area contributed by atoms with E-state index in [9.17, 15) is 9.59 Å². The molecule has 0 amide bonds. The van der Waals surface area contributed by atoms with Crippen molar-refractivity contribution < 1.29 is 9.59 Å². The summed E-state index contributed by atoms with van der Waals surface area (Å²) in [5.41, 5.74) is 9.10.